The smallest absolute Gasteiger partial charge is 0.254 e. The van der Waals surface area contributed by atoms with Crippen molar-refractivity contribution in [3.63, 3.8) is 0 Å². The van der Waals surface area contributed by atoms with Gasteiger partial charge in [-0.25, -0.2) is 4.39 Å². The highest BCUT2D eigenvalue weighted by atomic mass is 19.1. The van der Waals surface area contributed by atoms with E-state index < -0.39 is 5.82 Å². The lowest BCUT2D eigenvalue weighted by Gasteiger charge is -2.20. The first-order valence-electron chi connectivity index (χ1n) is 3.79. The Labute approximate surface area is 75.7 Å². The first-order valence-corrected chi connectivity index (χ1v) is 3.79. The largest absolute Gasteiger partial charge is 0.368 e. The van der Waals surface area contributed by atoms with E-state index in [-0.39, 0.29) is 16.9 Å². The number of anilines is 1. The van der Waals surface area contributed by atoms with Crippen molar-refractivity contribution in [3.05, 3.63) is 23.5 Å². The second-order valence-electron chi connectivity index (χ2n) is 2.78. The molecule has 0 aliphatic carbocycles. The maximum Gasteiger partial charge on any atom is 0.254 e. The van der Waals surface area contributed by atoms with Gasteiger partial charge < -0.3 is 10.6 Å². The molecule has 1 aliphatic rings. The van der Waals surface area contributed by atoms with Gasteiger partial charge in [-0.15, -0.1) is 0 Å². The number of carbonyl (C=O) groups excluding carboxylic acids is 1. The van der Waals surface area contributed by atoms with Gasteiger partial charge in [0.15, 0.2) is 0 Å². The van der Waals surface area contributed by atoms with Crippen molar-refractivity contribution in [1.82, 2.24) is 5.32 Å². The summed E-state index contributed by atoms with van der Waals surface area (Å²) >= 11 is 0. The van der Waals surface area contributed by atoms with Crippen LogP contribution in [0.25, 0.3) is 0 Å². The number of fused-ring (bicyclic) bond motifs is 1. The fraction of sp³-hybridized carbons (Fsp3) is 0.125. The topological polar surface area (TPSA) is 41.1 Å². The predicted octanol–water partition coefficient (Wildman–Crippen LogP) is -0.268. The fourth-order valence-electron chi connectivity index (χ4n) is 1.31. The Morgan fingerprint density at radius 2 is 2.15 bits per heavy atom. The lowest BCUT2D eigenvalue weighted by Crippen LogP contribution is -2.37. The Bertz CT molecular complexity index is 381. The minimum atomic E-state index is -0.505. The van der Waals surface area contributed by atoms with Crippen LogP contribution < -0.4 is 16.1 Å². The Hall–Kier alpha value is -1.52. The summed E-state index contributed by atoms with van der Waals surface area (Å²) in [6.45, 7) is 0.321. The van der Waals surface area contributed by atoms with E-state index in [1.807, 2.05) is 0 Å². The second-order valence-corrected chi connectivity index (χ2v) is 2.78. The van der Waals surface area contributed by atoms with Crippen LogP contribution in [0.3, 0.4) is 0 Å². The molecule has 2 radical (unpaired) electrons. The fourth-order valence-corrected chi connectivity index (χ4v) is 1.31. The van der Waals surface area contributed by atoms with Crippen molar-refractivity contribution in [1.29, 1.82) is 0 Å². The summed E-state index contributed by atoms with van der Waals surface area (Å²) in [5, 5.41) is 5.39. The number of halogens is 1. The maximum absolute atomic E-state index is 12.8. The molecule has 0 fully saturated rings. The number of benzene rings is 1. The molecular weight excluding hydrogens is 170 g/mol. The molecule has 2 rings (SSSR count). The normalized spacial score (nSPS) is 14.4. The van der Waals surface area contributed by atoms with Crippen molar-refractivity contribution >= 4 is 24.9 Å². The van der Waals surface area contributed by atoms with Crippen LogP contribution in [0.4, 0.5) is 10.1 Å². The van der Waals surface area contributed by atoms with Crippen molar-refractivity contribution in [2.75, 3.05) is 12.0 Å². The number of hydrogen-bond donors (Lipinski definition) is 2. The Morgan fingerprint density at radius 3 is 2.92 bits per heavy atom. The van der Waals surface area contributed by atoms with Crippen LogP contribution in [-0.2, 0) is 0 Å². The quantitative estimate of drug-likeness (QED) is 0.534. The van der Waals surface area contributed by atoms with Gasteiger partial charge in [-0.3, -0.25) is 4.79 Å². The van der Waals surface area contributed by atoms with Crippen molar-refractivity contribution in [3.8, 4) is 0 Å². The minimum absolute atomic E-state index is 0.253. The number of amides is 1. The lowest BCUT2D eigenvalue weighted by molar-refractivity contribution is 0.0952. The van der Waals surface area contributed by atoms with E-state index in [0.717, 1.165) is 6.07 Å². The molecular formula is C8H6BFN2O. The van der Waals surface area contributed by atoms with Gasteiger partial charge in [0.05, 0.1) is 12.2 Å². The molecule has 1 aromatic carbocycles. The summed E-state index contributed by atoms with van der Waals surface area (Å²) < 4.78 is 12.8. The Balaban J connectivity index is 2.63. The van der Waals surface area contributed by atoms with E-state index in [9.17, 15) is 9.18 Å². The summed E-state index contributed by atoms with van der Waals surface area (Å²) in [7, 11) is 5.52. The maximum atomic E-state index is 12.8. The first kappa shape index (κ1) is 8.10. The van der Waals surface area contributed by atoms with E-state index in [1.54, 1.807) is 0 Å². The lowest BCUT2D eigenvalue weighted by atomic mass is 9.90. The summed E-state index contributed by atoms with van der Waals surface area (Å²) in [5.74, 6) is -0.810. The van der Waals surface area contributed by atoms with Crippen LogP contribution >= 0.6 is 0 Å². The second kappa shape index (κ2) is 2.76. The first-order chi connectivity index (χ1) is 6.18. The molecule has 3 nitrogen and oxygen atoms in total. The summed E-state index contributed by atoms with van der Waals surface area (Å²) in [4.78, 5) is 11.2. The average molecular weight is 176 g/mol. The van der Waals surface area contributed by atoms with Gasteiger partial charge in [0.1, 0.15) is 13.7 Å². The van der Waals surface area contributed by atoms with Crippen LogP contribution in [0.1, 0.15) is 10.4 Å². The molecule has 1 amide bonds. The third kappa shape index (κ3) is 1.26. The minimum Gasteiger partial charge on any atom is -0.368 e. The van der Waals surface area contributed by atoms with E-state index in [0.29, 0.717) is 12.4 Å². The van der Waals surface area contributed by atoms with Crippen molar-refractivity contribution < 1.29 is 9.18 Å². The molecule has 13 heavy (non-hydrogen) atoms. The molecule has 1 aromatic rings. The van der Waals surface area contributed by atoms with Gasteiger partial charge in [-0.2, -0.15) is 0 Å². The van der Waals surface area contributed by atoms with Gasteiger partial charge >= 0.3 is 0 Å². The van der Waals surface area contributed by atoms with Gasteiger partial charge in [-0.1, -0.05) is 5.46 Å². The van der Waals surface area contributed by atoms with E-state index in [4.69, 9.17) is 7.85 Å². The van der Waals surface area contributed by atoms with Gasteiger partial charge in [0.2, 0.25) is 0 Å². The Kier molecular flexibility index (Phi) is 1.72. The van der Waals surface area contributed by atoms with Crippen molar-refractivity contribution in [2.24, 2.45) is 0 Å². The van der Waals surface area contributed by atoms with Crippen molar-refractivity contribution in [2.45, 2.75) is 0 Å². The highest BCUT2D eigenvalue weighted by Gasteiger charge is 2.18. The van der Waals surface area contributed by atoms with Gasteiger partial charge in [0, 0.05) is 5.69 Å². The number of rotatable bonds is 0. The molecule has 0 saturated carbocycles. The number of hydrogen-bond acceptors (Lipinski definition) is 2. The molecule has 2 N–H and O–H groups in total. The molecule has 1 aliphatic heterocycles. The molecule has 1 heterocycles. The van der Waals surface area contributed by atoms with Gasteiger partial charge in [0.25, 0.3) is 5.91 Å². The van der Waals surface area contributed by atoms with E-state index >= 15 is 0 Å². The molecule has 5 heteroatoms. The summed E-state index contributed by atoms with van der Waals surface area (Å²) in [6.07, 6.45) is 0. The third-order valence-electron chi connectivity index (χ3n) is 1.89. The zero-order valence-electron chi connectivity index (χ0n) is 6.73. The molecule has 0 spiro atoms. The third-order valence-corrected chi connectivity index (χ3v) is 1.89. The summed E-state index contributed by atoms with van der Waals surface area (Å²) in [6, 6.07) is 2.34. The predicted molar refractivity (Wildman–Crippen MR) is 47.7 cm³/mol. The highest BCUT2D eigenvalue weighted by molar-refractivity contribution is 6.37. The standard InChI is InChI=1S/C8H6BFN2O/c9-6-2-4(10)1-5-7(6)11-3-12-8(5)13/h1-2,11H,3H2,(H,12,13). The molecule has 0 saturated heterocycles. The number of carbonyl (C=O) groups is 1. The van der Waals surface area contributed by atoms with Crippen LogP contribution in [0.2, 0.25) is 0 Å². The molecule has 64 valence electrons. The monoisotopic (exact) mass is 176 g/mol. The van der Waals surface area contributed by atoms with Gasteiger partial charge in [-0.05, 0) is 12.1 Å². The molecule has 0 unspecified atom stereocenters. The molecule has 0 atom stereocenters. The zero-order valence-corrected chi connectivity index (χ0v) is 6.73. The molecule has 0 aromatic heterocycles. The van der Waals surface area contributed by atoms with Crippen LogP contribution in [0.15, 0.2) is 12.1 Å². The SMILES string of the molecule is [B]c1cc(F)cc2c1NCNC2=O. The van der Waals surface area contributed by atoms with E-state index in [2.05, 4.69) is 10.6 Å². The number of nitrogens with one attached hydrogen (secondary N) is 2. The van der Waals surface area contributed by atoms with Crippen LogP contribution in [0, 0.1) is 5.82 Å². The summed E-state index contributed by atoms with van der Waals surface area (Å²) in [5.41, 5.74) is 1.01. The zero-order chi connectivity index (χ0) is 9.42. The average Bonchev–Trinajstić information content (AvgIpc) is 2.07. The van der Waals surface area contributed by atoms with Crippen LogP contribution in [0.5, 0.6) is 0 Å². The molecule has 0 bridgehead atoms. The Morgan fingerprint density at radius 1 is 1.38 bits per heavy atom. The van der Waals surface area contributed by atoms with Crippen LogP contribution in [-0.4, -0.2) is 20.4 Å². The highest BCUT2D eigenvalue weighted by Crippen LogP contribution is 2.16. The van der Waals surface area contributed by atoms with E-state index in [1.165, 1.54) is 6.07 Å².